The molecule has 2 fully saturated rings. The van der Waals surface area contributed by atoms with Gasteiger partial charge in [0.15, 0.2) is 0 Å². The third-order valence-electron chi connectivity index (χ3n) is 4.91. The molecule has 1 aromatic carbocycles. The Morgan fingerprint density at radius 3 is 2.78 bits per heavy atom. The van der Waals surface area contributed by atoms with Crippen molar-refractivity contribution in [2.45, 2.75) is 33.1 Å². The van der Waals surface area contributed by atoms with Crippen LogP contribution in [-0.2, 0) is 9.59 Å². The number of carbonyl (C=O) groups excluding carboxylic acids is 2. The van der Waals surface area contributed by atoms with E-state index < -0.39 is 0 Å². The minimum Gasteiger partial charge on any atom is -0.342 e. The van der Waals surface area contributed by atoms with Gasteiger partial charge in [-0.15, -0.1) is 0 Å². The molecule has 0 saturated carbocycles. The molecule has 0 spiro atoms. The summed E-state index contributed by atoms with van der Waals surface area (Å²) in [5, 5.41) is 0. The first-order valence-electron chi connectivity index (χ1n) is 8.31. The number of carbonyl (C=O) groups is 2. The number of amides is 2. The van der Waals surface area contributed by atoms with Gasteiger partial charge in [-0.1, -0.05) is 28.9 Å². The van der Waals surface area contributed by atoms with Crippen LogP contribution >= 0.6 is 15.9 Å². The summed E-state index contributed by atoms with van der Waals surface area (Å²) in [6.07, 6.45) is 2.59. The molecule has 1 aromatic rings. The van der Waals surface area contributed by atoms with Crippen LogP contribution < -0.4 is 4.90 Å². The maximum atomic E-state index is 12.7. The second kappa shape index (κ2) is 6.63. The molecule has 2 unspecified atom stereocenters. The normalized spacial score (nSPS) is 25.1. The van der Waals surface area contributed by atoms with Crippen LogP contribution in [0.25, 0.3) is 0 Å². The van der Waals surface area contributed by atoms with E-state index in [1.807, 2.05) is 30.0 Å². The molecule has 2 saturated heterocycles. The number of rotatable bonds is 2. The van der Waals surface area contributed by atoms with Crippen LogP contribution in [0, 0.1) is 18.8 Å². The summed E-state index contributed by atoms with van der Waals surface area (Å²) in [5.41, 5.74) is 2.00. The van der Waals surface area contributed by atoms with E-state index in [1.54, 1.807) is 4.90 Å². The first-order valence-corrected chi connectivity index (χ1v) is 9.10. The number of nitrogens with zero attached hydrogens (tertiary/aromatic N) is 2. The highest BCUT2D eigenvalue weighted by Crippen LogP contribution is 2.30. The summed E-state index contributed by atoms with van der Waals surface area (Å²) in [7, 11) is 0. The van der Waals surface area contributed by atoms with Gasteiger partial charge >= 0.3 is 0 Å². The van der Waals surface area contributed by atoms with Gasteiger partial charge in [0.1, 0.15) is 0 Å². The lowest BCUT2D eigenvalue weighted by molar-refractivity contribution is -0.137. The van der Waals surface area contributed by atoms with E-state index in [2.05, 4.69) is 22.9 Å². The van der Waals surface area contributed by atoms with Crippen molar-refractivity contribution in [1.29, 1.82) is 0 Å². The number of piperidine rings is 1. The standard InChI is InChI=1S/C18H23BrN2O2/c1-12-4-3-7-20(10-12)18(23)14-8-17(22)21(11-14)15-6-5-13(2)16(19)9-15/h5-6,9,12,14H,3-4,7-8,10-11H2,1-2H3. The number of halogens is 1. The minimum absolute atomic E-state index is 0.0455. The average molecular weight is 379 g/mol. The van der Waals surface area contributed by atoms with Gasteiger partial charge in [-0.05, 0) is 43.4 Å². The Morgan fingerprint density at radius 2 is 2.09 bits per heavy atom. The third kappa shape index (κ3) is 3.44. The van der Waals surface area contributed by atoms with Crippen LogP contribution in [0.15, 0.2) is 22.7 Å². The molecular weight excluding hydrogens is 356 g/mol. The molecule has 2 aliphatic rings. The van der Waals surface area contributed by atoms with Gasteiger partial charge in [0, 0.05) is 36.2 Å². The van der Waals surface area contributed by atoms with Crippen LogP contribution in [0.4, 0.5) is 5.69 Å². The average Bonchev–Trinajstić information content (AvgIpc) is 2.91. The smallest absolute Gasteiger partial charge is 0.228 e. The van der Waals surface area contributed by atoms with Gasteiger partial charge in [0.2, 0.25) is 11.8 Å². The highest BCUT2D eigenvalue weighted by Gasteiger charge is 2.38. The Labute approximate surface area is 146 Å². The van der Waals surface area contributed by atoms with Gasteiger partial charge < -0.3 is 9.80 Å². The number of aryl methyl sites for hydroxylation is 1. The number of hydrogen-bond acceptors (Lipinski definition) is 2. The highest BCUT2D eigenvalue weighted by atomic mass is 79.9. The van der Waals surface area contributed by atoms with Crippen LogP contribution in [0.1, 0.15) is 31.7 Å². The van der Waals surface area contributed by atoms with Gasteiger partial charge in [-0.2, -0.15) is 0 Å². The number of hydrogen-bond donors (Lipinski definition) is 0. The van der Waals surface area contributed by atoms with E-state index in [0.29, 0.717) is 18.9 Å². The van der Waals surface area contributed by atoms with Crippen LogP contribution in [0.5, 0.6) is 0 Å². The summed E-state index contributed by atoms with van der Waals surface area (Å²) in [4.78, 5) is 28.8. The van der Waals surface area contributed by atoms with Crippen LogP contribution in [0.2, 0.25) is 0 Å². The molecule has 0 N–H and O–H groups in total. The topological polar surface area (TPSA) is 40.6 Å². The van der Waals surface area contributed by atoms with Crippen molar-refractivity contribution < 1.29 is 9.59 Å². The summed E-state index contributed by atoms with van der Waals surface area (Å²) in [6, 6.07) is 5.91. The Hall–Kier alpha value is -1.36. The molecule has 23 heavy (non-hydrogen) atoms. The van der Waals surface area contributed by atoms with Crippen LogP contribution in [0.3, 0.4) is 0 Å². The Balaban J connectivity index is 1.71. The van der Waals surface area contributed by atoms with E-state index in [0.717, 1.165) is 35.2 Å². The van der Waals surface area contributed by atoms with E-state index in [-0.39, 0.29) is 17.7 Å². The van der Waals surface area contributed by atoms with E-state index in [4.69, 9.17) is 0 Å². The zero-order valence-electron chi connectivity index (χ0n) is 13.7. The molecular formula is C18H23BrN2O2. The number of likely N-dealkylation sites (tertiary alicyclic amines) is 1. The number of anilines is 1. The Morgan fingerprint density at radius 1 is 1.30 bits per heavy atom. The highest BCUT2D eigenvalue weighted by molar-refractivity contribution is 9.10. The lowest BCUT2D eigenvalue weighted by atomic mass is 9.98. The maximum absolute atomic E-state index is 12.7. The molecule has 4 nitrogen and oxygen atoms in total. The Kier molecular flexibility index (Phi) is 4.76. The predicted octanol–water partition coefficient (Wildman–Crippen LogP) is 3.37. The van der Waals surface area contributed by atoms with Crippen LogP contribution in [-0.4, -0.2) is 36.3 Å². The van der Waals surface area contributed by atoms with Crippen molar-refractivity contribution in [2.24, 2.45) is 11.8 Å². The summed E-state index contributed by atoms with van der Waals surface area (Å²) in [5.74, 6) is 0.560. The molecule has 0 aliphatic carbocycles. The zero-order chi connectivity index (χ0) is 16.6. The van der Waals surface area contributed by atoms with E-state index in [1.165, 1.54) is 6.42 Å². The van der Waals surface area contributed by atoms with Crippen molar-refractivity contribution in [3.63, 3.8) is 0 Å². The first-order chi connectivity index (χ1) is 11.0. The fourth-order valence-corrected chi connectivity index (χ4v) is 3.89. The second-order valence-electron chi connectivity index (χ2n) is 6.87. The second-order valence-corrected chi connectivity index (χ2v) is 7.72. The summed E-state index contributed by atoms with van der Waals surface area (Å²) in [6.45, 7) is 6.38. The van der Waals surface area contributed by atoms with Crippen molar-refractivity contribution >= 4 is 33.4 Å². The first kappa shape index (κ1) is 16.5. The summed E-state index contributed by atoms with van der Waals surface area (Å²) >= 11 is 3.51. The van der Waals surface area contributed by atoms with E-state index in [9.17, 15) is 9.59 Å². The molecule has 2 aliphatic heterocycles. The van der Waals surface area contributed by atoms with Gasteiger partial charge in [-0.3, -0.25) is 9.59 Å². The molecule has 0 radical (unpaired) electrons. The van der Waals surface area contributed by atoms with Gasteiger partial charge in [0.05, 0.1) is 5.92 Å². The van der Waals surface area contributed by atoms with Crippen molar-refractivity contribution in [2.75, 3.05) is 24.5 Å². The molecule has 0 bridgehead atoms. The Bertz CT molecular complexity index is 631. The molecule has 0 aromatic heterocycles. The molecule has 2 atom stereocenters. The van der Waals surface area contributed by atoms with Gasteiger partial charge in [-0.25, -0.2) is 0 Å². The fourth-order valence-electron chi connectivity index (χ4n) is 3.52. The molecule has 2 heterocycles. The molecule has 2 amide bonds. The monoisotopic (exact) mass is 378 g/mol. The lowest BCUT2D eigenvalue weighted by Crippen LogP contribution is -2.43. The SMILES string of the molecule is Cc1ccc(N2CC(C(=O)N3CCCC(C)C3)CC2=O)cc1Br. The predicted molar refractivity (Wildman–Crippen MR) is 94.3 cm³/mol. The largest absolute Gasteiger partial charge is 0.342 e. The molecule has 3 rings (SSSR count). The van der Waals surface area contributed by atoms with Crippen molar-refractivity contribution in [3.8, 4) is 0 Å². The lowest BCUT2D eigenvalue weighted by Gasteiger charge is -2.32. The molecule has 124 valence electrons. The quantitative estimate of drug-likeness (QED) is 0.791. The van der Waals surface area contributed by atoms with E-state index >= 15 is 0 Å². The number of benzene rings is 1. The summed E-state index contributed by atoms with van der Waals surface area (Å²) < 4.78 is 0.988. The maximum Gasteiger partial charge on any atom is 0.228 e. The zero-order valence-corrected chi connectivity index (χ0v) is 15.3. The third-order valence-corrected chi connectivity index (χ3v) is 5.76. The minimum atomic E-state index is -0.201. The molecule has 5 heteroatoms. The van der Waals surface area contributed by atoms with Crippen molar-refractivity contribution in [1.82, 2.24) is 4.90 Å². The fraction of sp³-hybridized carbons (Fsp3) is 0.556. The van der Waals surface area contributed by atoms with Crippen molar-refractivity contribution in [3.05, 3.63) is 28.2 Å². The van der Waals surface area contributed by atoms with Gasteiger partial charge in [0.25, 0.3) is 0 Å².